The summed E-state index contributed by atoms with van der Waals surface area (Å²) in [6.45, 7) is 7.77. The van der Waals surface area contributed by atoms with Crippen molar-refractivity contribution in [1.29, 1.82) is 0 Å². The molecule has 0 aliphatic rings. The second-order valence-corrected chi connectivity index (χ2v) is 5.51. The molecular formula is C12H23N3S. The van der Waals surface area contributed by atoms with Crippen molar-refractivity contribution in [3.05, 3.63) is 18.7 Å². The van der Waals surface area contributed by atoms with Gasteiger partial charge >= 0.3 is 0 Å². The molecule has 1 aromatic heterocycles. The molecule has 0 aliphatic carbocycles. The van der Waals surface area contributed by atoms with E-state index in [0.717, 1.165) is 19.6 Å². The molecule has 3 nitrogen and oxygen atoms in total. The summed E-state index contributed by atoms with van der Waals surface area (Å²) in [6, 6.07) is 0. The number of hydrogen-bond acceptors (Lipinski definition) is 3. The first-order valence-electron chi connectivity index (χ1n) is 6.07. The monoisotopic (exact) mass is 241 g/mol. The van der Waals surface area contributed by atoms with Crippen molar-refractivity contribution < 1.29 is 0 Å². The Balaban J connectivity index is 1.96. The maximum atomic E-state index is 4.05. The van der Waals surface area contributed by atoms with Crippen LogP contribution in [0.3, 0.4) is 0 Å². The highest BCUT2D eigenvalue weighted by Gasteiger charge is 2.01. The molecule has 0 fully saturated rings. The number of nitrogens with one attached hydrogen (secondary N) is 1. The predicted octanol–water partition coefficient (Wildman–Crippen LogP) is 2.25. The van der Waals surface area contributed by atoms with Gasteiger partial charge in [0.15, 0.2) is 0 Å². The minimum atomic E-state index is 0.660. The number of thioether (sulfide) groups is 1. The predicted molar refractivity (Wildman–Crippen MR) is 71.9 cm³/mol. The minimum Gasteiger partial charge on any atom is -0.337 e. The number of rotatable bonds is 9. The van der Waals surface area contributed by atoms with Gasteiger partial charge < -0.3 is 9.88 Å². The lowest BCUT2D eigenvalue weighted by Gasteiger charge is -2.12. The number of nitrogens with zero attached hydrogens (tertiary/aromatic N) is 2. The van der Waals surface area contributed by atoms with Crippen molar-refractivity contribution in [2.45, 2.75) is 26.8 Å². The molecule has 0 aromatic carbocycles. The van der Waals surface area contributed by atoms with Crippen LogP contribution in [0.5, 0.6) is 0 Å². The molecular weight excluding hydrogens is 218 g/mol. The highest BCUT2D eigenvalue weighted by molar-refractivity contribution is 7.99. The lowest BCUT2D eigenvalue weighted by atomic mass is 10.2. The van der Waals surface area contributed by atoms with E-state index in [1.54, 1.807) is 0 Å². The van der Waals surface area contributed by atoms with Gasteiger partial charge in [0.25, 0.3) is 0 Å². The largest absolute Gasteiger partial charge is 0.337 e. The smallest absolute Gasteiger partial charge is 0.0946 e. The molecule has 1 heterocycles. The lowest BCUT2D eigenvalue weighted by molar-refractivity contribution is 0.446. The Labute approximate surface area is 103 Å². The van der Waals surface area contributed by atoms with E-state index >= 15 is 0 Å². The van der Waals surface area contributed by atoms with Crippen LogP contribution in [0.2, 0.25) is 0 Å². The third-order valence-corrected chi connectivity index (χ3v) is 3.41. The zero-order valence-electron chi connectivity index (χ0n) is 10.4. The summed E-state index contributed by atoms with van der Waals surface area (Å²) < 4.78 is 2.14. The molecule has 0 saturated carbocycles. The molecule has 1 N–H and O–H groups in total. The molecule has 0 bridgehead atoms. The first-order chi connectivity index (χ1) is 7.83. The molecule has 16 heavy (non-hydrogen) atoms. The first-order valence-corrected chi connectivity index (χ1v) is 7.22. The Kier molecular flexibility index (Phi) is 7.34. The Morgan fingerprint density at radius 2 is 2.38 bits per heavy atom. The highest BCUT2D eigenvalue weighted by atomic mass is 32.2. The van der Waals surface area contributed by atoms with Crippen LogP contribution >= 0.6 is 11.8 Å². The zero-order valence-corrected chi connectivity index (χ0v) is 11.2. The quantitative estimate of drug-likeness (QED) is 0.673. The summed E-state index contributed by atoms with van der Waals surface area (Å²) >= 11 is 2.02. The molecule has 0 aliphatic heterocycles. The van der Waals surface area contributed by atoms with Gasteiger partial charge in [-0.05, 0) is 36.9 Å². The van der Waals surface area contributed by atoms with Crippen molar-refractivity contribution in [3.63, 3.8) is 0 Å². The van der Waals surface area contributed by atoms with Crippen LogP contribution in [0.1, 0.15) is 20.3 Å². The Hall–Kier alpha value is -0.480. The van der Waals surface area contributed by atoms with Crippen molar-refractivity contribution >= 4 is 11.8 Å². The van der Waals surface area contributed by atoms with Gasteiger partial charge in [-0.25, -0.2) is 4.98 Å². The molecule has 92 valence electrons. The van der Waals surface area contributed by atoms with E-state index in [4.69, 9.17) is 0 Å². The molecule has 4 heteroatoms. The van der Waals surface area contributed by atoms with Crippen LogP contribution in [-0.2, 0) is 6.54 Å². The molecule has 1 unspecified atom stereocenters. The maximum absolute atomic E-state index is 4.05. The third kappa shape index (κ3) is 6.18. The van der Waals surface area contributed by atoms with Gasteiger partial charge in [-0.15, -0.1) is 0 Å². The average Bonchev–Trinajstić information content (AvgIpc) is 2.76. The van der Waals surface area contributed by atoms with Gasteiger partial charge in [-0.2, -0.15) is 11.8 Å². The van der Waals surface area contributed by atoms with E-state index in [0.29, 0.717) is 5.92 Å². The van der Waals surface area contributed by atoms with Gasteiger partial charge in [-0.1, -0.05) is 13.8 Å². The van der Waals surface area contributed by atoms with Gasteiger partial charge in [-0.3, -0.25) is 0 Å². The molecule has 0 radical (unpaired) electrons. The van der Waals surface area contributed by atoms with Crippen LogP contribution in [0.25, 0.3) is 0 Å². The van der Waals surface area contributed by atoms with Crippen LogP contribution in [0, 0.1) is 5.92 Å². The average molecular weight is 241 g/mol. The number of imidazole rings is 1. The normalized spacial score (nSPS) is 12.9. The van der Waals surface area contributed by atoms with Crippen molar-refractivity contribution in [1.82, 2.24) is 14.9 Å². The lowest BCUT2D eigenvalue weighted by Crippen LogP contribution is -2.25. The first kappa shape index (κ1) is 13.6. The van der Waals surface area contributed by atoms with E-state index < -0.39 is 0 Å². The van der Waals surface area contributed by atoms with Crippen LogP contribution in [0.4, 0.5) is 0 Å². The minimum absolute atomic E-state index is 0.660. The van der Waals surface area contributed by atoms with Crippen molar-refractivity contribution in [2.75, 3.05) is 24.6 Å². The summed E-state index contributed by atoms with van der Waals surface area (Å²) in [4.78, 5) is 4.05. The summed E-state index contributed by atoms with van der Waals surface area (Å²) in [5.74, 6) is 3.17. The van der Waals surface area contributed by atoms with Gasteiger partial charge in [0.05, 0.1) is 6.33 Å². The highest BCUT2D eigenvalue weighted by Crippen LogP contribution is 2.01. The van der Waals surface area contributed by atoms with E-state index in [9.17, 15) is 0 Å². The molecule has 0 saturated heterocycles. The Morgan fingerprint density at radius 1 is 1.50 bits per heavy atom. The van der Waals surface area contributed by atoms with E-state index in [1.807, 2.05) is 30.5 Å². The fourth-order valence-electron chi connectivity index (χ4n) is 1.61. The van der Waals surface area contributed by atoms with Crippen LogP contribution in [0.15, 0.2) is 18.7 Å². The zero-order chi connectivity index (χ0) is 11.6. The maximum Gasteiger partial charge on any atom is 0.0946 e. The standard InChI is InChI=1S/C12H23N3S/c1-3-16-8-4-5-13-9-12(2)10-15-7-6-14-11-15/h6-7,11-13H,3-5,8-10H2,1-2H3. The summed E-state index contributed by atoms with van der Waals surface area (Å²) in [6.07, 6.45) is 7.02. The third-order valence-electron chi connectivity index (χ3n) is 2.42. The van der Waals surface area contributed by atoms with E-state index in [1.165, 1.54) is 17.9 Å². The van der Waals surface area contributed by atoms with Crippen molar-refractivity contribution in [2.24, 2.45) is 5.92 Å². The fraction of sp³-hybridized carbons (Fsp3) is 0.750. The number of aromatic nitrogens is 2. The topological polar surface area (TPSA) is 29.9 Å². The van der Waals surface area contributed by atoms with Gasteiger partial charge in [0.2, 0.25) is 0 Å². The Morgan fingerprint density at radius 3 is 3.06 bits per heavy atom. The van der Waals surface area contributed by atoms with Gasteiger partial charge in [0.1, 0.15) is 0 Å². The molecule has 1 rings (SSSR count). The summed E-state index contributed by atoms with van der Waals surface area (Å²) in [7, 11) is 0. The Bertz CT molecular complexity index is 249. The fourth-order valence-corrected chi connectivity index (χ4v) is 2.25. The van der Waals surface area contributed by atoms with Crippen LogP contribution in [-0.4, -0.2) is 34.1 Å². The molecule has 0 spiro atoms. The summed E-state index contributed by atoms with van der Waals surface area (Å²) in [5.41, 5.74) is 0. The van der Waals surface area contributed by atoms with Crippen LogP contribution < -0.4 is 5.32 Å². The second-order valence-electron chi connectivity index (χ2n) is 4.12. The van der Waals surface area contributed by atoms with Crippen molar-refractivity contribution in [3.8, 4) is 0 Å². The van der Waals surface area contributed by atoms with E-state index in [-0.39, 0.29) is 0 Å². The second kappa shape index (κ2) is 8.65. The molecule has 1 atom stereocenters. The molecule has 1 aromatic rings. The molecule has 0 amide bonds. The number of hydrogen-bond donors (Lipinski definition) is 1. The SMILES string of the molecule is CCSCCCNCC(C)Cn1ccnc1. The van der Waals surface area contributed by atoms with E-state index in [2.05, 4.69) is 28.7 Å². The van der Waals surface area contributed by atoms with Gasteiger partial charge in [0, 0.05) is 18.9 Å². The summed E-state index contributed by atoms with van der Waals surface area (Å²) in [5, 5.41) is 3.51.